The first-order chi connectivity index (χ1) is 18.3. The van der Waals surface area contributed by atoms with E-state index in [1.54, 1.807) is 6.08 Å². The molecule has 0 radical (unpaired) electrons. The molecular weight excluding hydrogens is 446 g/mol. The molecule has 0 fully saturated rings. The molecule has 188 valence electrons. The van der Waals surface area contributed by atoms with Gasteiger partial charge in [-0.15, -0.1) is 12.8 Å². The van der Waals surface area contributed by atoms with E-state index in [0.29, 0.717) is 0 Å². The van der Waals surface area contributed by atoms with E-state index in [4.69, 9.17) is 0 Å². The maximum atomic E-state index is 4.00. The van der Waals surface area contributed by atoms with Gasteiger partial charge in [0.1, 0.15) is 0 Å². The van der Waals surface area contributed by atoms with Crippen LogP contribution in [0.2, 0.25) is 0 Å². The van der Waals surface area contributed by atoms with E-state index < -0.39 is 0 Å². The molecule has 0 atom stereocenters. The van der Waals surface area contributed by atoms with Gasteiger partial charge in [0, 0.05) is 17.1 Å². The lowest BCUT2D eigenvalue weighted by molar-refractivity contribution is 1.28. The molecule has 0 unspecified atom stereocenters. The van der Waals surface area contributed by atoms with Gasteiger partial charge in [-0.3, -0.25) is 0 Å². The van der Waals surface area contributed by atoms with Crippen LogP contribution in [0.25, 0.3) is 16.7 Å². The number of anilines is 3. The van der Waals surface area contributed by atoms with Crippen molar-refractivity contribution in [2.75, 3.05) is 4.90 Å². The van der Waals surface area contributed by atoms with Crippen molar-refractivity contribution in [3.05, 3.63) is 146 Å². The summed E-state index contributed by atoms with van der Waals surface area (Å²) in [6, 6.07) is 38.1. The Morgan fingerprint density at radius 2 is 1.08 bits per heavy atom. The third-order valence-corrected chi connectivity index (χ3v) is 5.20. The molecule has 0 saturated heterocycles. The third kappa shape index (κ3) is 8.57. The van der Waals surface area contributed by atoms with Crippen LogP contribution in [0.15, 0.2) is 141 Å². The normalized spacial score (nSPS) is 9.62. The predicted octanol–water partition coefficient (Wildman–Crippen LogP) is 10.9. The van der Waals surface area contributed by atoms with Gasteiger partial charge in [-0.2, -0.15) is 0 Å². The summed E-state index contributed by atoms with van der Waals surface area (Å²) in [4.78, 5) is 2.28. The van der Waals surface area contributed by atoms with Crippen molar-refractivity contribution >= 4 is 22.6 Å². The molecule has 0 bridgehead atoms. The first kappa shape index (κ1) is 30.5. The zero-order valence-electron chi connectivity index (χ0n) is 22.6. The molecule has 4 aromatic carbocycles. The highest BCUT2D eigenvalue weighted by Gasteiger charge is 2.13. The SMILES string of the molecule is C#C.C=C/C=C(\C=C)c1ccc(N(c2ccccc2)c2cccc(-c3ccccc3)c2)cc1.CC.CC. The van der Waals surface area contributed by atoms with Gasteiger partial charge in [0.25, 0.3) is 0 Å². The van der Waals surface area contributed by atoms with Crippen LogP contribution < -0.4 is 4.90 Å². The average molecular weight is 486 g/mol. The quantitative estimate of drug-likeness (QED) is 0.186. The molecule has 0 heterocycles. The molecular formula is C36H39N. The Morgan fingerprint density at radius 3 is 1.62 bits per heavy atom. The lowest BCUT2D eigenvalue weighted by Crippen LogP contribution is -2.09. The van der Waals surface area contributed by atoms with Crippen molar-refractivity contribution in [3.8, 4) is 24.0 Å². The largest absolute Gasteiger partial charge is 0.310 e. The number of rotatable bonds is 7. The van der Waals surface area contributed by atoms with Gasteiger partial charge in [0.2, 0.25) is 0 Å². The number of hydrogen-bond donors (Lipinski definition) is 0. The highest BCUT2D eigenvalue weighted by atomic mass is 15.1. The van der Waals surface area contributed by atoms with E-state index in [-0.39, 0.29) is 0 Å². The van der Waals surface area contributed by atoms with Crippen LogP contribution in [0.1, 0.15) is 33.3 Å². The summed E-state index contributed by atoms with van der Waals surface area (Å²) < 4.78 is 0. The lowest BCUT2D eigenvalue weighted by atomic mass is 10.0. The maximum absolute atomic E-state index is 4.00. The Bertz CT molecular complexity index is 1230. The standard InChI is InChI=1S/C30H25N.2C2H6.C2H2/c1-3-12-24(4-2)26-19-21-29(22-20-26)31(28-16-9-6-10-17-28)30-18-11-15-27(23-30)25-13-7-5-8-14-25;3*1-2/h3-23H,1-2H2;2*1-2H3;1-2H/b24-12+;;;. The molecule has 37 heavy (non-hydrogen) atoms. The number of hydrogen-bond acceptors (Lipinski definition) is 1. The maximum Gasteiger partial charge on any atom is 0.0467 e. The molecule has 0 aliphatic rings. The highest BCUT2D eigenvalue weighted by molar-refractivity contribution is 5.81. The molecule has 1 nitrogen and oxygen atoms in total. The minimum absolute atomic E-state index is 1.05. The molecule has 0 aliphatic carbocycles. The van der Waals surface area contributed by atoms with Crippen molar-refractivity contribution in [3.63, 3.8) is 0 Å². The molecule has 0 aromatic heterocycles. The summed E-state index contributed by atoms with van der Waals surface area (Å²) in [5.41, 5.74) is 7.90. The van der Waals surface area contributed by atoms with E-state index in [1.165, 1.54) is 11.1 Å². The van der Waals surface area contributed by atoms with Crippen LogP contribution in [0.3, 0.4) is 0 Å². The molecule has 0 amide bonds. The molecule has 4 aromatic rings. The molecule has 0 saturated carbocycles. The number of allylic oxidation sites excluding steroid dienone is 4. The Kier molecular flexibility index (Phi) is 14.7. The van der Waals surface area contributed by atoms with Crippen LogP contribution in [0, 0.1) is 12.8 Å². The summed E-state index contributed by atoms with van der Waals surface area (Å²) >= 11 is 0. The van der Waals surface area contributed by atoms with Gasteiger partial charge in [-0.05, 0) is 58.7 Å². The number of terminal acetylenes is 1. The van der Waals surface area contributed by atoms with Crippen LogP contribution in [0.5, 0.6) is 0 Å². The molecule has 0 spiro atoms. The predicted molar refractivity (Wildman–Crippen MR) is 168 cm³/mol. The van der Waals surface area contributed by atoms with E-state index in [1.807, 2.05) is 52.0 Å². The minimum Gasteiger partial charge on any atom is -0.310 e. The Labute approximate surface area is 225 Å². The molecule has 1 heteroatoms. The molecule has 4 rings (SSSR count). The highest BCUT2D eigenvalue weighted by Crippen LogP contribution is 2.36. The monoisotopic (exact) mass is 485 g/mol. The summed E-state index contributed by atoms with van der Waals surface area (Å²) in [6.07, 6.45) is 13.6. The summed E-state index contributed by atoms with van der Waals surface area (Å²) in [7, 11) is 0. The van der Waals surface area contributed by atoms with Crippen LogP contribution >= 0.6 is 0 Å². The fraction of sp³-hybridized carbons (Fsp3) is 0.111. The third-order valence-electron chi connectivity index (χ3n) is 5.20. The number of benzene rings is 4. The average Bonchev–Trinajstić information content (AvgIpc) is 3.01. The molecule has 0 N–H and O–H groups in total. The van der Waals surface area contributed by atoms with Gasteiger partial charge in [-0.1, -0.05) is 132 Å². The van der Waals surface area contributed by atoms with E-state index in [0.717, 1.165) is 28.2 Å². The second kappa shape index (κ2) is 17.8. The zero-order chi connectivity index (χ0) is 27.5. The van der Waals surface area contributed by atoms with Crippen LogP contribution in [-0.4, -0.2) is 0 Å². The zero-order valence-corrected chi connectivity index (χ0v) is 22.6. The van der Waals surface area contributed by atoms with Gasteiger partial charge in [-0.25, -0.2) is 0 Å². The number of nitrogens with zero attached hydrogens (tertiary/aromatic N) is 1. The summed E-state index contributed by atoms with van der Waals surface area (Å²) in [5.74, 6) is 0. The van der Waals surface area contributed by atoms with Crippen molar-refractivity contribution in [2.45, 2.75) is 27.7 Å². The van der Waals surface area contributed by atoms with E-state index in [9.17, 15) is 0 Å². The fourth-order valence-corrected chi connectivity index (χ4v) is 3.69. The van der Waals surface area contributed by atoms with Gasteiger partial charge >= 0.3 is 0 Å². The Morgan fingerprint density at radius 1 is 0.595 bits per heavy atom. The van der Waals surface area contributed by atoms with E-state index in [2.05, 4.69) is 128 Å². The fourth-order valence-electron chi connectivity index (χ4n) is 3.69. The van der Waals surface area contributed by atoms with Gasteiger partial charge < -0.3 is 4.90 Å². The van der Waals surface area contributed by atoms with Crippen molar-refractivity contribution in [1.82, 2.24) is 0 Å². The Balaban J connectivity index is 0.00000106. The first-order valence-electron chi connectivity index (χ1n) is 12.7. The van der Waals surface area contributed by atoms with Crippen LogP contribution in [-0.2, 0) is 0 Å². The van der Waals surface area contributed by atoms with Crippen molar-refractivity contribution < 1.29 is 0 Å². The molecule has 0 aliphatic heterocycles. The van der Waals surface area contributed by atoms with Crippen molar-refractivity contribution in [1.29, 1.82) is 0 Å². The second-order valence-corrected chi connectivity index (χ2v) is 7.20. The first-order valence-corrected chi connectivity index (χ1v) is 12.7. The Hall–Kier alpha value is -4.54. The van der Waals surface area contributed by atoms with Crippen molar-refractivity contribution in [2.24, 2.45) is 0 Å². The summed E-state index contributed by atoms with van der Waals surface area (Å²) in [6.45, 7) is 15.7. The van der Waals surface area contributed by atoms with Gasteiger partial charge in [0.15, 0.2) is 0 Å². The number of para-hydroxylation sites is 1. The smallest absolute Gasteiger partial charge is 0.0467 e. The van der Waals surface area contributed by atoms with Crippen LogP contribution in [0.4, 0.5) is 17.1 Å². The van der Waals surface area contributed by atoms with Gasteiger partial charge in [0.05, 0.1) is 0 Å². The second-order valence-electron chi connectivity index (χ2n) is 7.20. The van der Waals surface area contributed by atoms with E-state index >= 15 is 0 Å². The summed E-state index contributed by atoms with van der Waals surface area (Å²) in [5, 5.41) is 0. The topological polar surface area (TPSA) is 3.24 Å². The minimum atomic E-state index is 1.05. The lowest BCUT2D eigenvalue weighted by Gasteiger charge is -2.26.